The van der Waals surface area contributed by atoms with Gasteiger partial charge in [0, 0.05) is 0 Å². The van der Waals surface area contributed by atoms with Crippen LogP contribution in [0.3, 0.4) is 0 Å². The van der Waals surface area contributed by atoms with Crippen LogP contribution in [0.4, 0.5) is 10.1 Å². The molecule has 5 heteroatoms. The second kappa shape index (κ2) is 5.26. The van der Waals surface area contributed by atoms with Gasteiger partial charge in [0.15, 0.2) is 0 Å². The van der Waals surface area contributed by atoms with E-state index >= 15 is 0 Å². The first-order valence-corrected chi connectivity index (χ1v) is 5.11. The summed E-state index contributed by atoms with van der Waals surface area (Å²) < 4.78 is 13.5. The first-order chi connectivity index (χ1) is 6.65. The molecule has 0 saturated carbocycles. The molecule has 0 bridgehead atoms. The summed E-state index contributed by atoms with van der Waals surface area (Å²) in [4.78, 5) is 11.2. The van der Waals surface area contributed by atoms with Crippen LogP contribution in [0.1, 0.15) is 0 Å². The maximum Gasteiger partial charge on any atom is 0.238 e. The Morgan fingerprint density at radius 2 is 2.29 bits per heavy atom. The topological polar surface area (TPSA) is 41.1 Å². The summed E-state index contributed by atoms with van der Waals surface area (Å²) in [6.07, 6.45) is 0. The molecule has 0 spiro atoms. The largest absolute Gasteiger partial charge is 0.324 e. The fourth-order valence-corrected chi connectivity index (χ4v) is 1.45. The SMILES string of the molecule is CNCC(=O)Nc1cccc(F)c1I. The standard InChI is InChI=1S/C9H10FIN2O/c1-12-5-8(14)13-7-4-2-3-6(10)9(7)11/h2-4,12H,5H2,1H3,(H,13,14). The number of carbonyl (C=O) groups excluding carboxylic acids is 1. The summed E-state index contributed by atoms with van der Waals surface area (Å²) in [5.41, 5.74) is 0.505. The molecule has 1 amide bonds. The predicted molar refractivity (Wildman–Crippen MR) is 61.7 cm³/mol. The lowest BCUT2D eigenvalue weighted by Crippen LogP contribution is -2.25. The van der Waals surface area contributed by atoms with Crippen molar-refractivity contribution < 1.29 is 9.18 Å². The zero-order chi connectivity index (χ0) is 10.6. The average Bonchev–Trinajstić information content (AvgIpc) is 2.13. The van der Waals surface area contributed by atoms with Crippen LogP contribution in [-0.2, 0) is 4.79 Å². The van der Waals surface area contributed by atoms with E-state index in [0.29, 0.717) is 9.26 Å². The summed E-state index contributed by atoms with van der Waals surface area (Å²) in [5.74, 6) is -0.510. The van der Waals surface area contributed by atoms with E-state index in [1.54, 1.807) is 19.2 Å². The van der Waals surface area contributed by atoms with Crippen molar-refractivity contribution in [2.45, 2.75) is 0 Å². The molecule has 14 heavy (non-hydrogen) atoms. The molecule has 2 N–H and O–H groups in total. The quantitative estimate of drug-likeness (QED) is 0.833. The molecule has 0 atom stereocenters. The molecular weight excluding hydrogens is 298 g/mol. The van der Waals surface area contributed by atoms with Crippen molar-refractivity contribution in [1.29, 1.82) is 0 Å². The Morgan fingerprint density at radius 3 is 2.93 bits per heavy atom. The highest BCUT2D eigenvalue weighted by Gasteiger charge is 2.07. The maximum atomic E-state index is 13.0. The number of amides is 1. The van der Waals surface area contributed by atoms with E-state index in [1.807, 2.05) is 22.6 Å². The summed E-state index contributed by atoms with van der Waals surface area (Å²) >= 11 is 1.86. The van der Waals surface area contributed by atoms with Crippen molar-refractivity contribution in [2.24, 2.45) is 0 Å². The van der Waals surface area contributed by atoms with Gasteiger partial charge < -0.3 is 10.6 Å². The normalized spacial score (nSPS) is 9.93. The number of hydrogen-bond acceptors (Lipinski definition) is 2. The number of nitrogens with one attached hydrogen (secondary N) is 2. The van der Waals surface area contributed by atoms with Crippen molar-refractivity contribution in [2.75, 3.05) is 18.9 Å². The number of halogens is 2. The van der Waals surface area contributed by atoms with E-state index in [1.165, 1.54) is 6.07 Å². The van der Waals surface area contributed by atoms with Crippen LogP contribution >= 0.6 is 22.6 Å². The first kappa shape index (κ1) is 11.4. The van der Waals surface area contributed by atoms with Crippen LogP contribution < -0.4 is 10.6 Å². The number of carbonyl (C=O) groups is 1. The molecule has 1 aromatic carbocycles. The van der Waals surface area contributed by atoms with Gasteiger partial charge in [0.25, 0.3) is 0 Å². The Balaban J connectivity index is 2.76. The molecular formula is C9H10FIN2O. The molecule has 0 saturated heterocycles. The molecule has 76 valence electrons. The molecule has 0 radical (unpaired) electrons. The Labute approximate surface area is 95.2 Å². The molecule has 0 heterocycles. The van der Waals surface area contributed by atoms with Crippen molar-refractivity contribution in [1.82, 2.24) is 5.32 Å². The van der Waals surface area contributed by atoms with Crippen LogP contribution in [0.15, 0.2) is 18.2 Å². The Morgan fingerprint density at radius 1 is 1.57 bits per heavy atom. The zero-order valence-corrected chi connectivity index (χ0v) is 9.76. The van der Waals surface area contributed by atoms with E-state index < -0.39 is 0 Å². The highest BCUT2D eigenvalue weighted by Crippen LogP contribution is 2.20. The smallest absolute Gasteiger partial charge is 0.238 e. The second-order valence-electron chi connectivity index (χ2n) is 2.68. The number of hydrogen-bond donors (Lipinski definition) is 2. The third-order valence-corrected chi connectivity index (χ3v) is 2.66. The molecule has 3 nitrogen and oxygen atoms in total. The first-order valence-electron chi connectivity index (χ1n) is 4.03. The average molecular weight is 308 g/mol. The predicted octanol–water partition coefficient (Wildman–Crippen LogP) is 1.59. The molecule has 0 aromatic heterocycles. The molecule has 1 aromatic rings. The van der Waals surface area contributed by atoms with Gasteiger partial charge in [-0.15, -0.1) is 0 Å². The van der Waals surface area contributed by atoms with Crippen molar-refractivity contribution in [3.05, 3.63) is 27.6 Å². The molecule has 1 rings (SSSR count). The van der Waals surface area contributed by atoms with E-state index in [-0.39, 0.29) is 18.3 Å². The van der Waals surface area contributed by atoms with E-state index in [2.05, 4.69) is 10.6 Å². The summed E-state index contributed by atoms with van der Waals surface area (Å²) in [6, 6.07) is 4.58. The lowest BCUT2D eigenvalue weighted by atomic mass is 10.3. The lowest BCUT2D eigenvalue weighted by molar-refractivity contribution is -0.115. The van der Waals surface area contributed by atoms with Crippen molar-refractivity contribution in [3.63, 3.8) is 0 Å². The van der Waals surface area contributed by atoms with Gasteiger partial charge in [-0.25, -0.2) is 4.39 Å². The van der Waals surface area contributed by atoms with Gasteiger partial charge in [0.2, 0.25) is 5.91 Å². The van der Waals surface area contributed by atoms with Gasteiger partial charge in [0.05, 0.1) is 15.8 Å². The number of rotatable bonds is 3. The Kier molecular flexibility index (Phi) is 4.27. The van der Waals surface area contributed by atoms with Gasteiger partial charge in [-0.2, -0.15) is 0 Å². The molecule has 0 fully saturated rings. The fourth-order valence-electron chi connectivity index (χ4n) is 0.955. The van der Waals surface area contributed by atoms with Gasteiger partial charge in [0.1, 0.15) is 5.82 Å². The van der Waals surface area contributed by atoms with Crippen LogP contribution in [0.2, 0.25) is 0 Å². The van der Waals surface area contributed by atoms with Gasteiger partial charge in [-0.1, -0.05) is 6.07 Å². The van der Waals surface area contributed by atoms with Gasteiger partial charge in [-0.05, 0) is 41.8 Å². The fraction of sp³-hybridized carbons (Fsp3) is 0.222. The van der Waals surface area contributed by atoms with Gasteiger partial charge >= 0.3 is 0 Å². The van der Waals surface area contributed by atoms with Crippen LogP contribution in [0.5, 0.6) is 0 Å². The molecule has 0 unspecified atom stereocenters. The van der Waals surface area contributed by atoms with Crippen LogP contribution in [-0.4, -0.2) is 19.5 Å². The van der Waals surface area contributed by atoms with Crippen LogP contribution in [0.25, 0.3) is 0 Å². The minimum atomic E-state index is -0.326. The number of anilines is 1. The number of benzene rings is 1. The molecule has 0 aliphatic heterocycles. The molecule has 0 aliphatic rings. The zero-order valence-electron chi connectivity index (χ0n) is 7.60. The highest BCUT2D eigenvalue weighted by molar-refractivity contribution is 14.1. The van der Waals surface area contributed by atoms with Crippen LogP contribution in [0, 0.1) is 9.39 Å². The third-order valence-electron chi connectivity index (χ3n) is 1.56. The minimum Gasteiger partial charge on any atom is -0.324 e. The summed E-state index contributed by atoms with van der Waals surface area (Å²) in [6.45, 7) is 0.215. The monoisotopic (exact) mass is 308 g/mol. The Bertz CT molecular complexity index is 344. The van der Waals surface area contributed by atoms with E-state index in [9.17, 15) is 9.18 Å². The minimum absolute atomic E-state index is 0.184. The van der Waals surface area contributed by atoms with E-state index in [4.69, 9.17) is 0 Å². The Hall–Kier alpha value is -0.690. The maximum absolute atomic E-state index is 13.0. The number of likely N-dealkylation sites (N-methyl/N-ethyl adjacent to an activating group) is 1. The third kappa shape index (κ3) is 2.91. The van der Waals surface area contributed by atoms with E-state index in [0.717, 1.165) is 0 Å². The summed E-state index contributed by atoms with van der Waals surface area (Å²) in [7, 11) is 1.68. The van der Waals surface area contributed by atoms with Gasteiger partial charge in [-0.3, -0.25) is 4.79 Å². The highest BCUT2D eigenvalue weighted by atomic mass is 127. The van der Waals surface area contributed by atoms with Crippen molar-refractivity contribution >= 4 is 34.2 Å². The lowest BCUT2D eigenvalue weighted by Gasteiger charge is -2.07. The summed E-state index contributed by atoms with van der Waals surface area (Å²) in [5, 5.41) is 5.32. The molecule has 0 aliphatic carbocycles. The van der Waals surface area contributed by atoms with Crippen molar-refractivity contribution in [3.8, 4) is 0 Å². The second-order valence-corrected chi connectivity index (χ2v) is 3.76.